The molecular weight excluding hydrogens is 382 g/mol. The summed E-state index contributed by atoms with van der Waals surface area (Å²) in [6.45, 7) is 7.68. The van der Waals surface area contributed by atoms with Gasteiger partial charge in [-0.3, -0.25) is 9.69 Å². The highest BCUT2D eigenvalue weighted by atomic mass is 16.5. The molecule has 3 heterocycles. The quantitative estimate of drug-likeness (QED) is 0.592. The number of hydrogen-bond donors (Lipinski definition) is 1. The summed E-state index contributed by atoms with van der Waals surface area (Å²) in [5, 5.41) is 6.63. The number of hydrogen-bond acceptors (Lipinski definition) is 8. The summed E-state index contributed by atoms with van der Waals surface area (Å²) in [5.41, 5.74) is 3.08. The van der Waals surface area contributed by atoms with Crippen LogP contribution in [0, 0.1) is 6.92 Å². The van der Waals surface area contributed by atoms with Crippen LogP contribution >= 0.6 is 0 Å². The van der Waals surface area contributed by atoms with Crippen molar-refractivity contribution in [2.75, 3.05) is 44.2 Å². The number of nitrogens with one attached hydrogen (secondary N) is 1. The van der Waals surface area contributed by atoms with Gasteiger partial charge in [0.15, 0.2) is 0 Å². The molecule has 0 radical (unpaired) electrons. The van der Waals surface area contributed by atoms with Crippen molar-refractivity contribution in [3.05, 3.63) is 54.3 Å². The normalized spacial score (nSPS) is 14.6. The molecule has 0 unspecified atom stereocenters. The van der Waals surface area contributed by atoms with E-state index in [9.17, 15) is 4.79 Å². The van der Waals surface area contributed by atoms with E-state index in [-0.39, 0.29) is 17.6 Å². The Hall–Kier alpha value is -3.33. The number of carbonyl (C=O) groups is 1. The molecule has 1 aromatic carbocycles. The van der Waals surface area contributed by atoms with Gasteiger partial charge in [0.05, 0.1) is 0 Å². The summed E-state index contributed by atoms with van der Waals surface area (Å²) in [4.78, 5) is 29.0. The maximum absolute atomic E-state index is 12.2. The van der Waals surface area contributed by atoms with Crippen molar-refractivity contribution in [2.24, 2.45) is 0 Å². The lowest BCUT2D eigenvalue weighted by Gasteiger charge is -2.36. The zero-order chi connectivity index (χ0) is 20.8. The molecule has 9 heteroatoms. The zero-order valence-electron chi connectivity index (χ0n) is 17.0. The second kappa shape index (κ2) is 9.45. The molecule has 1 aliphatic heterocycles. The molecule has 0 atom stereocenters. The Kier molecular flexibility index (Phi) is 6.29. The lowest BCUT2D eigenvalue weighted by atomic mass is 10.2. The lowest BCUT2D eigenvalue weighted by molar-refractivity contribution is 0.0907. The molecule has 0 spiro atoms. The van der Waals surface area contributed by atoms with Crippen LogP contribution in [0.3, 0.4) is 0 Å². The Morgan fingerprint density at radius 2 is 1.93 bits per heavy atom. The third-order valence-corrected chi connectivity index (χ3v) is 5.14. The molecule has 1 amide bonds. The number of piperazine rings is 1. The van der Waals surface area contributed by atoms with Gasteiger partial charge in [0.2, 0.25) is 5.82 Å². The van der Waals surface area contributed by atoms with Crippen molar-refractivity contribution in [3.8, 4) is 11.5 Å². The molecule has 1 aliphatic rings. The molecule has 3 aromatic rings. The number of anilines is 1. The van der Waals surface area contributed by atoms with E-state index in [2.05, 4.69) is 66.4 Å². The highest BCUT2D eigenvalue weighted by molar-refractivity contribution is 5.89. The van der Waals surface area contributed by atoms with Crippen LogP contribution in [-0.2, 0) is 0 Å². The first-order chi connectivity index (χ1) is 14.7. The minimum atomic E-state index is -0.369. The van der Waals surface area contributed by atoms with Crippen molar-refractivity contribution < 1.29 is 9.32 Å². The van der Waals surface area contributed by atoms with E-state index in [0.717, 1.165) is 39.1 Å². The molecule has 1 fully saturated rings. The SMILES string of the molecule is Cc1ccc(N2CCN(CCCNC(=O)c3nc(-c4ccncn4)no3)CC2)cc1. The summed E-state index contributed by atoms with van der Waals surface area (Å²) in [5.74, 6) is -0.156. The predicted octanol–water partition coefficient (Wildman–Crippen LogP) is 1.78. The van der Waals surface area contributed by atoms with Crippen LogP contribution in [0.15, 0.2) is 47.4 Å². The third kappa shape index (κ3) is 4.98. The average Bonchev–Trinajstić information content (AvgIpc) is 3.29. The van der Waals surface area contributed by atoms with E-state index < -0.39 is 0 Å². The minimum absolute atomic E-state index is 0.0599. The van der Waals surface area contributed by atoms with E-state index in [1.165, 1.54) is 17.6 Å². The van der Waals surface area contributed by atoms with Crippen molar-refractivity contribution in [3.63, 3.8) is 0 Å². The van der Waals surface area contributed by atoms with Gasteiger partial charge in [0.25, 0.3) is 0 Å². The average molecular weight is 407 g/mol. The van der Waals surface area contributed by atoms with Crippen molar-refractivity contribution >= 4 is 11.6 Å². The van der Waals surface area contributed by atoms with E-state index in [0.29, 0.717) is 12.2 Å². The van der Waals surface area contributed by atoms with Gasteiger partial charge in [0.1, 0.15) is 12.0 Å². The number of nitrogens with zero attached hydrogens (tertiary/aromatic N) is 6. The van der Waals surface area contributed by atoms with Crippen LogP contribution in [0.5, 0.6) is 0 Å². The number of benzene rings is 1. The van der Waals surface area contributed by atoms with Crippen LogP contribution in [0.4, 0.5) is 5.69 Å². The van der Waals surface area contributed by atoms with Gasteiger partial charge in [-0.15, -0.1) is 0 Å². The Labute approximate surface area is 175 Å². The molecule has 9 nitrogen and oxygen atoms in total. The Morgan fingerprint density at radius 1 is 1.13 bits per heavy atom. The van der Waals surface area contributed by atoms with Gasteiger partial charge >= 0.3 is 11.8 Å². The first kappa shape index (κ1) is 20.0. The zero-order valence-corrected chi connectivity index (χ0v) is 17.0. The first-order valence-corrected chi connectivity index (χ1v) is 10.1. The highest BCUT2D eigenvalue weighted by Crippen LogP contribution is 2.17. The summed E-state index contributed by atoms with van der Waals surface area (Å²) in [6, 6.07) is 10.3. The van der Waals surface area contributed by atoms with Gasteiger partial charge in [-0.05, 0) is 38.1 Å². The molecular formula is C21H25N7O2. The molecule has 1 N–H and O–H groups in total. The molecule has 1 saturated heterocycles. The molecule has 156 valence electrons. The molecule has 0 saturated carbocycles. The number of carbonyl (C=O) groups excluding carboxylic acids is 1. The second-order valence-corrected chi connectivity index (χ2v) is 7.29. The Bertz CT molecular complexity index is 951. The van der Waals surface area contributed by atoms with Crippen LogP contribution in [0.25, 0.3) is 11.5 Å². The van der Waals surface area contributed by atoms with Crippen LogP contribution in [0.2, 0.25) is 0 Å². The molecule has 0 aliphatic carbocycles. The fraction of sp³-hybridized carbons (Fsp3) is 0.381. The summed E-state index contributed by atoms with van der Waals surface area (Å²) in [6.07, 6.45) is 3.84. The second-order valence-electron chi connectivity index (χ2n) is 7.29. The van der Waals surface area contributed by atoms with E-state index >= 15 is 0 Å². The van der Waals surface area contributed by atoms with Gasteiger partial charge in [-0.25, -0.2) is 9.97 Å². The van der Waals surface area contributed by atoms with Gasteiger partial charge < -0.3 is 14.7 Å². The smallest absolute Gasteiger partial charge is 0.316 e. The molecule has 0 bridgehead atoms. The van der Waals surface area contributed by atoms with E-state index in [1.54, 1.807) is 12.3 Å². The van der Waals surface area contributed by atoms with E-state index in [4.69, 9.17) is 4.52 Å². The van der Waals surface area contributed by atoms with Crippen molar-refractivity contribution in [2.45, 2.75) is 13.3 Å². The van der Waals surface area contributed by atoms with Gasteiger partial charge in [-0.1, -0.05) is 22.9 Å². The third-order valence-electron chi connectivity index (χ3n) is 5.14. The minimum Gasteiger partial charge on any atom is -0.369 e. The van der Waals surface area contributed by atoms with E-state index in [1.807, 2.05) is 0 Å². The summed E-state index contributed by atoms with van der Waals surface area (Å²) >= 11 is 0. The number of amides is 1. The topological polar surface area (TPSA) is 100 Å². The summed E-state index contributed by atoms with van der Waals surface area (Å²) < 4.78 is 5.04. The largest absolute Gasteiger partial charge is 0.369 e. The lowest BCUT2D eigenvalue weighted by Crippen LogP contribution is -2.47. The van der Waals surface area contributed by atoms with Crippen LogP contribution in [-0.4, -0.2) is 70.2 Å². The fourth-order valence-corrected chi connectivity index (χ4v) is 3.41. The Morgan fingerprint density at radius 3 is 2.67 bits per heavy atom. The van der Waals surface area contributed by atoms with Gasteiger partial charge in [0, 0.05) is 44.6 Å². The maximum Gasteiger partial charge on any atom is 0.316 e. The number of aromatic nitrogens is 4. The van der Waals surface area contributed by atoms with Crippen molar-refractivity contribution in [1.29, 1.82) is 0 Å². The number of aryl methyl sites for hydroxylation is 1. The fourth-order valence-electron chi connectivity index (χ4n) is 3.41. The first-order valence-electron chi connectivity index (χ1n) is 10.1. The molecule has 4 rings (SSSR count). The standard InChI is InChI=1S/C21H25N7O2/c1-16-3-5-17(6-4-16)28-13-11-27(12-14-28)10-2-8-23-20(29)21-25-19(26-30-21)18-7-9-22-15-24-18/h3-7,9,15H,2,8,10-14H2,1H3,(H,23,29). The van der Waals surface area contributed by atoms with Crippen LogP contribution < -0.4 is 10.2 Å². The molecule has 2 aromatic heterocycles. The monoisotopic (exact) mass is 407 g/mol. The predicted molar refractivity (Wildman–Crippen MR) is 112 cm³/mol. The Balaban J connectivity index is 1.17. The highest BCUT2D eigenvalue weighted by Gasteiger charge is 2.18. The van der Waals surface area contributed by atoms with Gasteiger partial charge in [-0.2, -0.15) is 4.98 Å². The van der Waals surface area contributed by atoms with Crippen molar-refractivity contribution in [1.82, 2.24) is 30.3 Å². The maximum atomic E-state index is 12.2. The summed E-state index contributed by atoms with van der Waals surface area (Å²) in [7, 11) is 0. The number of rotatable bonds is 7. The van der Waals surface area contributed by atoms with Crippen LogP contribution in [0.1, 0.15) is 22.7 Å². The molecule has 30 heavy (non-hydrogen) atoms.